The molecule has 0 unspecified atom stereocenters. The number of nitrogens with one attached hydrogen (secondary N) is 2. The van der Waals surface area contributed by atoms with Gasteiger partial charge in [-0.1, -0.05) is 49.4 Å². The van der Waals surface area contributed by atoms with Gasteiger partial charge in [0.1, 0.15) is 5.70 Å². The summed E-state index contributed by atoms with van der Waals surface area (Å²) in [5, 5.41) is 5.60. The molecule has 0 aliphatic carbocycles. The third-order valence-electron chi connectivity index (χ3n) is 4.02. The number of carbonyl (C=O) groups is 2. The predicted molar refractivity (Wildman–Crippen MR) is 102 cm³/mol. The lowest BCUT2D eigenvalue weighted by molar-refractivity contribution is -0.120. The van der Waals surface area contributed by atoms with Gasteiger partial charge in [-0.2, -0.15) is 0 Å². The van der Waals surface area contributed by atoms with E-state index in [-0.39, 0.29) is 17.5 Å². The lowest BCUT2D eigenvalue weighted by Gasteiger charge is -2.15. The first-order chi connectivity index (χ1) is 11.9. The molecule has 0 bridgehead atoms. The minimum absolute atomic E-state index is 0.229. The van der Waals surface area contributed by atoms with Gasteiger partial charge in [-0.05, 0) is 48.6 Å². The molecule has 0 fully saturated rings. The highest BCUT2D eigenvalue weighted by Gasteiger charge is 2.15. The van der Waals surface area contributed by atoms with Crippen molar-refractivity contribution in [1.29, 1.82) is 0 Å². The van der Waals surface area contributed by atoms with E-state index >= 15 is 0 Å². The molecule has 0 aliphatic heterocycles. The highest BCUT2D eigenvalue weighted by molar-refractivity contribution is 6.09. The van der Waals surface area contributed by atoms with E-state index in [4.69, 9.17) is 0 Å². The Hall–Kier alpha value is -2.88. The number of hydrogen-bond acceptors (Lipinski definition) is 2. The maximum Gasteiger partial charge on any atom is 0.272 e. The Morgan fingerprint density at radius 3 is 2.32 bits per heavy atom. The second kappa shape index (κ2) is 8.29. The standard InChI is InChI=1S/C21H24N2O2/c1-5-17-12-8-10-15(3)20(17)23-21(25)19(22-16(4)24)13-18-11-7-6-9-14(18)2/h6-13H,5H2,1-4H3,(H,22,24)(H,23,25)/b19-13-. The minimum atomic E-state index is -0.331. The second-order valence-electron chi connectivity index (χ2n) is 6.01. The molecular weight excluding hydrogens is 312 g/mol. The average molecular weight is 336 g/mol. The molecule has 2 N–H and O–H groups in total. The van der Waals surface area contributed by atoms with E-state index in [0.29, 0.717) is 0 Å². The number of benzene rings is 2. The summed E-state index contributed by atoms with van der Waals surface area (Å²) in [6.45, 7) is 7.36. The summed E-state index contributed by atoms with van der Waals surface area (Å²) < 4.78 is 0. The van der Waals surface area contributed by atoms with Gasteiger partial charge in [0.15, 0.2) is 0 Å². The Bertz CT molecular complexity index is 822. The summed E-state index contributed by atoms with van der Waals surface area (Å²) in [6.07, 6.45) is 2.52. The van der Waals surface area contributed by atoms with Crippen molar-refractivity contribution < 1.29 is 9.59 Å². The smallest absolute Gasteiger partial charge is 0.272 e. The zero-order chi connectivity index (χ0) is 18.4. The zero-order valence-corrected chi connectivity index (χ0v) is 15.1. The molecule has 0 spiro atoms. The predicted octanol–water partition coefficient (Wildman–Crippen LogP) is 3.98. The van der Waals surface area contributed by atoms with E-state index < -0.39 is 0 Å². The molecule has 2 rings (SSSR count). The van der Waals surface area contributed by atoms with Crippen LogP contribution in [0.1, 0.15) is 36.1 Å². The van der Waals surface area contributed by atoms with E-state index in [1.807, 2.05) is 63.2 Å². The van der Waals surface area contributed by atoms with Crippen LogP contribution in [-0.4, -0.2) is 11.8 Å². The van der Waals surface area contributed by atoms with Crippen LogP contribution >= 0.6 is 0 Å². The number of rotatable bonds is 5. The minimum Gasteiger partial charge on any atom is -0.322 e. The first-order valence-electron chi connectivity index (χ1n) is 8.37. The summed E-state index contributed by atoms with van der Waals surface area (Å²) in [6, 6.07) is 13.6. The average Bonchev–Trinajstić information content (AvgIpc) is 2.57. The number of para-hydroxylation sites is 1. The fourth-order valence-electron chi connectivity index (χ4n) is 2.64. The van der Waals surface area contributed by atoms with Crippen LogP contribution in [0.4, 0.5) is 5.69 Å². The third kappa shape index (κ3) is 4.80. The fraction of sp³-hybridized carbons (Fsp3) is 0.238. The molecule has 0 atom stereocenters. The highest BCUT2D eigenvalue weighted by atomic mass is 16.2. The third-order valence-corrected chi connectivity index (χ3v) is 4.02. The van der Waals surface area contributed by atoms with E-state index in [0.717, 1.165) is 34.4 Å². The molecule has 2 aromatic carbocycles. The van der Waals surface area contributed by atoms with Crippen LogP contribution in [-0.2, 0) is 16.0 Å². The number of anilines is 1. The first-order valence-corrected chi connectivity index (χ1v) is 8.37. The Balaban J connectivity index is 2.38. The van der Waals surface area contributed by atoms with Crippen molar-refractivity contribution in [2.24, 2.45) is 0 Å². The molecule has 0 heterocycles. The van der Waals surface area contributed by atoms with Crippen LogP contribution in [0.2, 0.25) is 0 Å². The molecule has 4 nitrogen and oxygen atoms in total. The summed E-state index contributed by atoms with van der Waals surface area (Å²) >= 11 is 0. The molecular formula is C21H24N2O2. The van der Waals surface area contributed by atoms with Gasteiger partial charge in [-0.15, -0.1) is 0 Å². The van der Waals surface area contributed by atoms with Crippen LogP contribution in [0.3, 0.4) is 0 Å². The van der Waals surface area contributed by atoms with E-state index in [9.17, 15) is 9.59 Å². The monoisotopic (exact) mass is 336 g/mol. The Morgan fingerprint density at radius 2 is 1.68 bits per heavy atom. The van der Waals surface area contributed by atoms with Crippen LogP contribution in [0.5, 0.6) is 0 Å². The SMILES string of the molecule is CCc1cccc(C)c1NC(=O)/C(=C/c1ccccc1C)NC(C)=O. The zero-order valence-electron chi connectivity index (χ0n) is 15.1. The molecule has 0 aromatic heterocycles. The van der Waals surface area contributed by atoms with Crippen molar-refractivity contribution in [3.8, 4) is 0 Å². The van der Waals surface area contributed by atoms with Gasteiger partial charge < -0.3 is 10.6 Å². The summed E-state index contributed by atoms with van der Waals surface area (Å²) in [4.78, 5) is 24.3. The lowest BCUT2D eigenvalue weighted by Crippen LogP contribution is -2.29. The topological polar surface area (TPSA) is 58.2 Å². The largest absolute Gasteiger partial charge is 0.322 e. The Kier molecular flexibility index (Phi) is 6.12. The van der Waals surface area contributed by atoms with Gasteiger partial charge in [0.25, 0.3) is 5.91 Å². The summed E-state index contributed by atoms with van der Waals surface area (Å²) in [5.74, 6) is -0.613. The quantitative estimate of drug-likeness (QED) is 0.811. The molecule has 0 saturated heterocycles. The molecule has 2 amide bonds. The number of aryl methyl sites for hydroxylation is 3. The Morgan fingerprint density at radius 1 is 1.00 bits per heavy atom. The summed E-state index contributed by atoms with van der Waals surface area (Å²) in [5.41, 5.74) is 5.01. The van der Waals surface area contributed by atoms with Crippen LogP contribution in [0.25, 0.3) is 6.08 Å². The number of amides is 2. The molecule has 130 valence electrons. The maximum absolute atomic E-state index is 12.8. The first kappa shape index (κ1) is 18.5. The molecule has 0 saturated carbocycles. The molecule has 2 aromatic rings. The molecule has 0 aliphatic rings. The second-order valence-corrected chi connectivity index (χ2v) is 6.01. The van der Waals surface area contributed by atoms with Crippen molar-refractivity contribution in [2.75, 3.05) is 5.32 Å². The van der Waals surface area contributed by atoms with Crippen molar-refractivity contribution in [3.05, 3.63) is 70.4 Å². The van der Waals surface area contributed by atoms with Crippen LogP contribution < -0.4 is 10.6 Å². The van der Waals surface area contributed by atoms with Gasteiger partial charge in [-0.25, -0.2) is 0 Å². The maximum atomic E-state index is 12.8. The normalized spacial score (nSPS) is 11.1. The Labute approximate surface area is 149 Å². The van der Waals surface area contributed by atoms with E-state index in [1.165, 1.54) is 6.92 Å². The van der Waals surface area contributed by atoms with Gasteiger partial charge in [0.2, 0.25) is 5.91 Å². The van der Waals surface area contributed by atoms with Gasteiger partial charge in [0.05, 0.1) is 0 Å². The van der Waals surface area contributed by atoms with Gasteiger partial charge in [0, 0.05) is 12.6 Å². The van der Waals surface area contributed by atoms with Gasteiger partial charge in [-0.3, -0.25) is 9.59 Å². The number of hydrogen-bond donors (Lipinski definition) is 2. The van der Waals surface area contributed by atoms with Crippen molar-refractivity contribution >= 4 is 23.6 Å². The van der Waals surface area contributed by atoms with Crippen LogP contribution in [0, 0.1) is 13.8 Å². The lowest BCUT2D eigenvalue weighted by atomic mass is 10.1. The molecule has 4 heteroatoms. The van der Waals surface area contributed by atoms with Gasteiger partial charge >= 0.3 is 0 Å². The van der Waals surface area contributed by atoms with Crippen molar-refractivity contribution in [3.63, 3.8) is 0 Å². The van der Waals surface area contributed by atoms with E-state index in [2.05, 4.69) is 10.6 Å². The number of carbonyl (C=O) groups excluding carboxylic acids is 2. The highest BCUT2D eigenvalue weighted by Crippen LogP contribution is 2.22. The van der Waals surface area contributed by atoms with Crippen LogP contribution in [0.15, 0.2) is 48.2 Å². The molecule has 0 radical (unpaired) electrons. The van der Waals surface area contributed by atoms with E-state index in [1.54, 1.807) is 6.08 Å². The van der Waals surface area contributed by atoms with Crippen molar-refractivity contribution in [1.82, 2.24) is 5.32 Å². The fourth-order valence-corrected chi connectivity index (χ4v) is 2.64. The summed E-state index contributed by atoms with van der Waals surface area (Å²) in [7, 11) is 0. The van der Waals surface area contributed by atoms with Crippen molar-refractivity contribution in [2.45, 2.75) is 34.1 Å². The molecule has 25 heavy (non-hydrogen) atoms.